The topological polar surface area (TPSA) is 102 Å². The monoisotopic (exact) mass is 428 g/mol. The van der Waals surface area contributed by atoms with Gasteiger partial charge in [-0.2, -0.15) is 13.2 Å². The number of aromatic nitrogens is 2. The lowest BCUT2D eigenvalue weighted by Gasteiger charge is -2.22. The van der Waals surface area contributed by atoms with Crippen molar-refractivity contribution in [1.82, 2.24) is 9.97 Å². The molecule has 0 spiro atoms. The molecule has 0 amide bonds. The second-order valence-corrected chi connectivity index (χ2v) is 6.71. The first-order valence-electron chi connectivity index (χ1n) is 9.54. The van der Waals surface area contributed by atoms with Gasteiger partial charge in [-0.3, -0.25) is 4.79 Å². The van der Waals surface area contributed by atoms with Crippen LogP contribution in [-0.2, 0) is 6.18 Å². The van der Waals surface area contributed by atoms with Crippen LogP contribution in [0.5, 0.6) is 0 Å². The first-order valence-corrected chi connectivity index (χ1v) is 9.54. The SMILES string of the molecule is CC.Cc1nc(NC(c2ccc(C(F)(F)F)cc2F)C2CC2)c(C(=N)CO)c(=O)[nH]1. The zero-order valence-corrected chi connectivity index (χ0v) is 16.8. The summed E-state index contributed by atoms with van der Waals surface area (Å²) in [5, 5.41) is 19.9. The Morgan fingerprint density at radius 3 is 2.50 bits per heavy atom. The molecule has 1 fully saturated rings. The number of hydrogen-bond acceptors (Lipinski definition) is 5. The highest BCUT2D eigenvalue weighted by atomic mass is 19.4. The molecule has 0 saturated heterocycles. The average Bonchev–Trinajstić information content (AvgIpc) is 3.51. The van der Waals surface area contributed by atoms with Crippen LogP contribution in [0.15, 0.2) is 23.0 Å². The Morgan fingerprint density at radius 2 is 2.00 bits per heavy atom. The Labute approximate surface area is 170 Å². The number of aliphatic hydroxyl groups excluding tert-OH is 1. The number of H-pyrrole nitrogens is 1. The van der Waals surface area contributed by atoms with Crippen molar-refractivity contribution in [3.63, 3.8) is 0 Å². The van der Waals surface area contributed by atoms with Crippen LogP contribution in [0.2, 0.25) is 0 Å². The van der Waals surface area contributed by atoms with E-state index in [1.807, 2.05) is 13.8 Å². The lowest BCUT2D eigenvalue weighted by atomic mass is 9.99. The second-order valence-electron chi connectivity index (χ2n) is 6.71. The Kier molecular flexibility index (Phi) is 7.35. The van der Waals surface area contributed by atoms with Crippen molar-refractivity contribution in [2.45, 2.75) is 45.8 Å². The molecule has 164 valence electrons. The van der Waals surface area contributed by atoms with Crippen LogP contribution in [0.25, 0.3) is 0 Å². The predicted molar refractivity (Wildman–Crippen MR) is 105 cm³/mol. The molecule has 1 saturated carbocycles. The Bertz CT molecular complexity index is 968. The molecule has 1 heterocycles. The van der Waals surface area contributed by atoms with Gasteiger partial charge in [0.25, 0.3) is 5.56 Å². The largest absolute Gasteiger partial charge is 0.416 e. The van der Waals surface area contributed by atoms with Crippen LogP contribution < -0.4 is 10.9 Å². The fourth-order valence-corrected chi connectivity index (χ4v) is 3.03. The first kappa shape index (κ1) is 23.5. The van der Waals surface area contributed by atoms with Crippen LogP contribution in [0.1, 0.15) is 55.2 Å². The van der Waals surface area contributed by atoms with Gasteiger partial charge in [-0.1, -0.05) is 19.9 Å². The van der Waals surface area contributed by atoms with Crippen molar-refractivity contribution in [3.05, 3.63) is 56.9 Å². The quantitative estimate of drug-likeness (QED) is 0.409. The third-order valence-electron chi connectivity index (χ3n) is 4.55. The van der Waals surface area contributed by atoms with E-state index in [1.165, 1.54) is 6.92 Å². The van der Waals surface area contributed by atoms with Gasteiger partial charge in [0.15, 0.2) is 0 Å². The Balaban J connectivity index is 0.00000155. The molecule has 2 aromatic rings. The van der Waals surface area contributed by atoms with Gasteiger partial charge in [0, 0.05) is 5.56 Å². The summed E-state index contributed by atoms with van der Waals surface area (Å²) in [6.07, 6.45) is -3.20. The number of alkyl halides is 3. The number of anilines is 1. The Hall–Kier alpha value is -2.75. The van der Waals surface area contributed by atoms with Gasteiger partial charge >= 0.3 is 6.18 Å². The standard InChI is InChI=1S/C18H18F4N4O2.C2H6/c1-8-24-16(14(13(23)7-27)17(28)25-8)26-15(9-2-3-9)11-5-4-10(6-12(11)19)18(20,21)22;1-2/h4-6,9,15,23,27H,2-3,7H2,1H3,(H2,24,25,26,28);1-2H3. The van der Waals surface area contributed by atoms with Crippen molar-refractivity contribution in [1.29, 1.82) is 5.41 Å². The molecule has 1 aliphatic carbocycles. The van der Waals surface area contributed by atoms with Gasteiger partial charge in [-0.15, -0.1) is 0 Å². The van der Waals surface area contributed by atoms with Gasteiger partial charge in [0.05, 0.1) is 23.9 Å². The third-order valence-corrected chi connectivity index (χ3v) is 4.55. The summed E-state index contributed by atoms with van der Waals surface area (Å²) in [5.41, 5.74) is -2.27. The van der Waals surface area contributed by atoms with E-state index in [-0.39, 0.29) is 34.4 Å². The molecule has 0 bridgehead atoms. The van der Waals surface area contributed by atoms with Gasteiger partial charge in [0.2, 0.25) is 0 Å². The molecule has 4 N–H and O–H groups in total. The summed E-state index contributed by atoms with van der Waals surface area (Å²) in [4.78, 5) is 18.8. The number of benzene rings is 1. The molecule has 3 rings (SSSR count). The molecular formula is C20H24F4N4O2. The molecule has 6 nitrogen and oxygen atoms in total. The zero-order valence-electron chi connectivity index (χ0n) is 16.8. The highest BCUT2D eigenvalue weighted by molar-refractivity contribution is 6.02. The van der Waals surface area contributed by atoms with Gasteiger partial charge in [0.1, 0.15) is 23.0 Å². The van der Waals surface area contributed by atoms with E-state index in [1.54, 1.807) is 0 Å². The number of halogens is 4. The summed E-state index contributed by atoms with van der Waals surface area (Å²) < 4.78 is 52.9. The minimum Gasteiger partial charge on any atom is -0.390 e. The molecule has 1 aromatic carbocycles. The van der Waals surface area contributed by atoms with Crippen LogP contribution in [0.3, 0.4) is 0 Å². The Morgan fingerprint density at radius 1 is 1.37 bits per heavy atom. The minimum atomic E-state index is -4.66. The van der Waals surface area contributed by atoms with Gasteiger partial charge in [-0.25, -0.2) is 9.37 Å². The van der Waals surface area contributed by atoms with Gasteiger partial charge in [-0.05, 0) is 37.8 Å². The molecule has 1 unspecified atom stereocenters. The number of nitrogens with zero attached hydrogens (tertiary/aromatic N) is 1. The summed E-state index contributed by atoms with van der Waals surface area (Å²) in [5.74, 6) is -0.843. The van der Waals surface area contributed by atoms with Crippen molar-refractivity contribution in [2.24, 2.45) is 5.92 Å². The average molecular weight is 428 g/mol. The molecular weight excluding hydrogens is 404 g/mol. The van der Waals surface area contributed by atoms with E-state index in [9.17, 15) is 27.5 Å². The normalized spacial score (nSPS) is 14.5. The van der Waals surface area contributed by atoms with Crippen molar-refractivity contribution >= 4 is 11.5 Å². The summed E-state index contributed by atoms with van der Waals surface area (Å²) in [6.45, 7) is 4.81. The summed E-state index contributed by atoms with van der Waals surface area (Å²) in [6, 6.07) is 1.61. The van der Waals surface area contributed by atoms with E-state index >= 15 is 0 Å². The number of aliphatic hydroxyl groups is 1. The molecule has 1 aliphatic rings. The second kappa shape index (κ2) is 9.38. The van der Waals surface area contributed by atoms with Crippen molar-refractivity contribution in [2.75, 3.05) is 11.9 Å². The maximum absolute atomic E-state index is 14.5. The van der Waals surface area contributed by atoms with E-state index in [0.29, 0.717) is 6.07 Å². The molecule has 0 aliphatic heterocycles. The maximum atomic E-state index is 14.5. The van der Waals surface area contributed by atoms with E-state index in [4.69, 9.17) is 5.41 Å². The van der Waals surface area contributed by atoms with E-state index < -0.39 is 35.8 Å². The maximum Gasteiger partial charge on any atom is 0.416 e. The molecule has 0 radical (unpaired) electrons. The van der Waals surface area contributed by atoms with Crippen molar-refractivity contribution < 1.29 is 22.7 Å². The minimum absolute atomic E-state index is 0.0171. The fraction of sp³-hybridized carbons (Fsp3) is 0.450. The molecule has 1 aromatic heterocycles. The highest BCUT2D eigenvalue weighted by Crippen LogP contribution is 2.44. The van der Waals surface area contributed by atoms with Crippen molar-refractivity contribution in [3.8, 4) is 0 Å². The smallest absolute Gasteiger partial charge is 0.390 e. The van der Waals surface area contributed by atoms with Crippen LogP contribution >= 0.6 is 0 Å². The molecule has 30 heavy (non-hydrogen) atoms. The number of aryl methyl sites for hydroxylation is 1. The highest BCUT2D eigenvalue weighted by Gasteiger charge is 2.37. The fourth-order valence-electron chi connectivity index (χ4n) is 3.03. The summed E-state index contributed by atoms with van der Waals surface area (Å²) in [7, 11) is 0. The number of rotatable bonds is 6. The van der Waals surface area contributed by atoms with Crippen LogP contribution in [0, 0.1) is 24.1 Å². The molecule has 1 atom stereocenters. The first-order chi connectivity index (χ1) is 14.1. The lowest BCUT2D eigenvalue weighted by molar-refractivity contribution is -0.137. The number of aromatic amines is 1. The summed E-state index contributed by atoms with van der Waals surface area (Å²) >= 11 is 0. The number of hydrogen-bond donors (Lipinski definition) is 4. The van der Waals surface area contributed by atoms with E-state index in [0.717, 1.165) is 25.0 Å². The predicted octanol–water partition coefficient (Wildman–Crippen LogP) is 4.19. The van der Waals surface area contributed by atoms with Crippen LogP contribution in [-0.4, -0.2) is 27.4 Å². The van der Waals surface area contributed by atoms with Crippen LogP contribution in [0.4, 0.5) is 23.4 Å². The van der Waals surface area contributed by atoms with Gasteiger partial charge < -0.3 is 20.8 Å². The third kappa shape index (κ3) is 5.24. The number of nitrogens with one attached hydrogen (secondary N) is 3. The lowest BCUT2D eigenvalue weighted by Crippen LogP contribution is -2.27. The zero-order chi connectivity index (χ0) is 22.6. The molecule has 10 heteroatoms. The van der Waals surface area contributed by atoms with E-state index in [2.05, 4.69) is 15.3 Å².